The first-order valence-corrected chi connectivity index (χ1v) is 5.14. The fourth-order valence-corrected chi connectivity index (χ4v) is 1.23. The highest BCUT2D eigenvalue weighted by Gasteiger charge is 2.04. The predicted octanol–water partition coefficient (Wildman–Crippen LogP) is -1.36. The number of carbonyl (C=O) groups excluding carboxylic acids is 2. The molecule has 0 saturated heterocycles. The number of amides is 2. The third-order valence-corrected chi connectivity index (χ3v) is 1.99. The molecule has 0 aromatic carbocycles. The van der Waals surface area contributed by atoms with E-state index in [1.54, 1.807) is 0 Å². The molecule has 0 spiro atoms. The fourth-order valence-electron chi connectivity index (χ4n) is 1.23. The van der Waals surface area contributed by atoms with Gasteiger partial charge in [0.2, 0.25) is 5.91 Å². The average molecular weight is 254 g/mol. The molecule has 5 N–H and O–H groups in total. The monoisotopic (exact) mass is 254 g/mol. The molecule has 1 aromatic rings. The van der Waals surface area contributed by atoms with E-state index in [0.29, 0.717) is 5.69 Å². The summed E-state index contributed by atoms with van der Waals surface area (Å²) in [6, 6.07) is 2.73. The molecule has 2 amide bonds. The third kappa shape index (κ3) is 4.56. The molecular weight excluding hydrogens is 240 g/mol. The van der Waals surface area contributed by atoms with Crippen LogP contribution in [-0.4, -0.2) is 29.7 Å². The molecular formula is C10H14N4O4. The Morgan fingerprint density at radius 3 is 2.78 bits per heavy atom. The van der Waals surface area contributed by atoms with Gasteiger partial charge in [-0.3, -0.25) is 9.59 Å². The largest absolute Gasteiger partial charge is 0.448 e. The number of anilines is 1. The quantitative estimate of drug-likeness (QED) is 0.559. The first kappa shape index (κ1) is 13.6. The molecule has 0 aliphatic carbocycles. The number of carbonyl (C=O) groups is 2. The second kappa shape index (κ2) is 6.28. The minimum atomic E-state index is -0.906. The lowest BCUT2D eigenvalue weighted by molar-refractivity contribution is -0.121. The van der Waals surface area contributed by atoms with Crippen molar-refractivity contribution in [2.75, 3.05) is 18.9 Å². The highest BCUT2D eigenvalue weighted by Crippen LogP contribution is 1.95. The summed E-state index contributed by atoms with van der Waals surface area (Å²) in [5, 5.41) is 2.46. The molecule has 1 aromatic heterocycles. The number of nitrogens with zero attached hydrogens (tertiary/aromatic N) is 1. The van der Waals surface area contributed by atoms with E-state index in [9.17, 15) is 14.4 Å². The summed E-state index contributed by atoms with van der Waals surface area (Å²) in [5.74, 6) is -0.393. The third-order valence-electron chi connectivity index (χ3n) is 1.99. The molecule has 1 heterocycles. The molecule has 0 unspecified atom stereocenters. The van der Waals surface area contributed by atoms with E-state index < -0.39 is 12.0 Å². The van der Waals surface area contributed by atoms with Crippen LogP contribution in [0.3, 0.4) is 0 Å². The summed E-state index contributed by atoms with van der Waals surface area (Å²) >= 11 is 0. The Morgan fingerprint density at radius 1 is 1.39 bits per heavy atom. The van der Waals surface area contributed by atoms with Crippen LogP contribution in [0.5, 0.6) is 0 Å². The van der Waals surface area contributed by atoms with Gasteiger partial charge < -0.3 is 26.1 Å². The molecule has 0 atom stereocenters. The maximum absolute atomic E-state index is 11.4. The number of hydrogen-bond acceptors (Lipinski definition) is 5. The van der Waals surface area contributed by atoms with Crippen molar-refractivity contribution < 1.29 is 14.3 Å². The van der Waals surface area contributed by atoms with E-state index in [2.05, 4.69) is 10.1 Å². The van der Waals surface area contributed by atoms with Crippen molar-refractivity contribution in [2.45, 2.75) is 6.54 Å². The van der Waals surface area contributed by atoms with Gasteiger partial charge in [-0.2, -0.15) is 0 Å². The van der Waals surface area contributed by atoms with Crippen molar-refractivity contribution in [2.24, 2.45) is 5.73 Å². The normalized spacial score (nSPS) is 9.78. The molecule has 1 rings (SSSR count). The van der Waals surface area contributed by atoms with Crippen LogP contribution in [0.25, 0.3) is 0 Å². The standard InChI is InChI=1S/C10H14N4O4/c11-7-1-2-9(16)14(5-7)6-8(15)13-3-4-18-10(12)17/h1-2,5H,3-4,6,11H2,(H2,12,17)(H,13,15). The van der Waals surface area contributed by atoms with Crippen LogP contribution in [0.1, 0.15) is 0 Å². The highest BCUT2D eigenvalue weighted by atomic mass is 16.5. The zero-order valence-corrected chi connectivity index (χ0v) is 9.59. The Kier molecular flexibility index (Phi) is 4.73. The summed E-state index contributed by atoms with van der Waals surface area (Å²) in [6.07, 6.45) is 0.471. The van der Waals surface area contributed by atoms with Gasteiger partial charge in [0.05, 0.1) is 6.54 Å². The lowest BCUT2D eigenvalue weighted by atomic mass is 10.4. The van der Waals surface area contributed by atoms with Crippen molar-refractivity contribution >= 4 is 17.7 Å². The number of pyridine rings is 1. The zero-order valence-electron chi connectivity index (χ0n) is 9.59. The Morgan fingerprint density at radius 2 is 2.11 bits per heavy atom. The van der Waals surface area contributed by atoms with E-state index in [1.165, 1.54) is 22.9 Å². The number of nitrogens with two attached hydrogens (primary N) is 2. The summed E-state index contributed by atoms with van der Waals surface area (Å²) < 4.78 is 5.60. The Labute approximate surface area is 103 Å². The first-order valence-electron chi connectivity index (χ1n) is 5.14. The maximum atomic E-state index is 11.4. The smallest absolute Gasteiger partial charge is 0.404 e. The number of nitrogens with one attached hydrogen (secondary N) is 1. The van der Waals surface area contributed by atoms with Crippen molar-refractivity contribution in [1.29, 1.82) is 0 Å². The summed E-state index contributed by atoms with van der Waals surface area (Å²) in [5.41, 5.74) is 10.3. The number of nitrogen functional groups attached to an aromatic ring is 1. The predicted molar refractivity (Wildman–Crippen MR) is 63.7 cm³/mol. The minimum absolute atomic E-state index is 0.0209. The lowest BCUT2D eigenvalue weighted by Gasteiger charge is -2.07. The molecule has 0 saturated carbocycles. The molecule has 18 heavy (non-hydrogen) atoms. The minimum Gasteiger partial charge on any atom is -0.448 e. The molecule has 8 heteroatoms. The van der Waals surface area contributed by atoms with Crippen LogP contribution in [0.2, 0.25) is 0 Å². The topological polar surface area (TPSA) is 129 Å². The van der Waals surface area contributed by atoms with Crippen molar-refractivity contribution in [1.82, 2.24) is 9.88 Å². The van der Waals surface area contributed by atoms with Crippen molar-refractivity contribution in [3.8, 4) is 0 Å². The van der Waals surface area contributed by atoms with Gasteiger partial charge in [0.25, 0.3) is 5.56 Å². The second-order valence-electron chi connectivity index (χ2n) is 3.45. The van der Waals surface area contributed by atoms with Crippen LogP contribution in [0.15, 0.2) is 23.1 Å². The Balaban J connectivity index is 2.42. The molecule has 0 radical (unpaired) electrons. The molecule has 0 bridgehead atoms. The highest BCUT2D eigenvalue weighted by molar-refractivity contribution is 5.75. The van der Waals surface area contributed by atoms with E-state index in [0.717, 1.165) is 0 Å². The van der Waals surface area contributed by atoms with Crippen LogP contribution in [0.4, 0.5) is 10.5 Å². The van der Waals surface area contributed by atoms with Gasteiger partial charge in [-0.05, 0) is 6.07 Å². The Hall–Kier alpha value is -2.51. The molecule has 98 valence electrons. The van der Waals surface area contributed by atoms with Crippen molar-refractivity contribution in [3.63, 3.8) is 0 Å². The van der Waals surface area contributed by atoms with E-state index in [4.69, 9.17) is 11.5 Å². The maximum Gasteiger partial charge on any atom is 0.404 e. The number of ether oxygens (including phenoxy) is 1. The van der Waals surface area contributed by atoms with Gasteiger partial charge in [0, 0.05) is 18.0 Å². The van der Waals surface area contributed by atoms with Gasteiger partial charge in [-0.15, -0.1) is 0 Å². The van der Waals surface area contributed by atoms with Gasteiger partial charge in [-0.1, -0.05) is 0 Å². The van der Waals surface area contributed by atoms with E-state index in [-0.39, 0.29) is 25.3 Å². The Bertz CT molecular complexity index is 497. The van der Waals surface area contributed by atoms with Gasteiger partial charge in [0.1, 0.15) is 13.2 Å². The van der Waals surface area contributed by atoms with Gasteiger partial charge >= 0.3 is 6.09 Å². The number of hydrogen-bond donors (Lipinski definition) is 3. The van der Waals surface area contributed by atoms with Crippen molar-refractivity contribution in [3.05, 3.63) is 28.7 Å². The molecule has 0 fully saturated rings. The van der Waals surface area contributed by atoms with Crippen LogP contribution in [-0.2, 0) is 16.1 Å². The number of aromatic nitrogens is 1. The molecule has 0 aliphatic rings. The van der Waals surface area contributed by atoms with Crippen LogP contribution < -0.4 is 22.3 Å². The summed E-state index contributed by atoms with van der Waals surface area (Å²) in [4.78, 5) is 33.1. The summed E-state index contributed by atoms with van der Waals surface area (Å²) in [7, 11) is 0. The first-order chi connectivity index (χ1) is 8.49. The lowest BCUT2D eigenvalue weighted by Crippen LogP contribution is -2.34. The number of primary amides is 1. The summed E-state index contributed by atoms with van der Waals surface area (Å²) in [6.45, 7) is -0.0494. The molecule has 8 nitrogen and oxygen atoms in total. The van der Waals surface area contributed by atoms with E-state index >= 15 is 0 Å². The van der Waals surface area contributed by atoms with Gasteiger partial charge in [0.15, 0.2) is 0 Å². The fraction of sp³-hybridized carbons (Fsp3) is 0.300. The van der Waals surface area contributed by atoms with Crippen LogP contribution >= 0.6 is 0 Å². The zero-order chi connectivity index (χ0) is 13.5. The second-order valence-corrected chi connectivity index (χ2v) is 3.45. The number of rotatable bonds is 5. The average Bonchev–Trinajstić information content (AvgIpc) is 2.29. The van der Waals surface area contributed by atoms with Crippen LogP contribution in [0, 0.1) is 0 Å². The van der Waals surface area contributed by atoms with E-state index in [1.807, 2.05) is 0 Å². The van der Waals surface area contributed by atoms with Gasteiger partial charge in [-0.25, -0.2) is 4.79 Å². The molecule has 0 aliphatic heterocycles. The SMILES string of the molecule is NC(=O)OCCNC(=O)Cn1cc(N)ccc1=O.